The number of halogens is 1. The molecule has 8 heteroatoms. The van der Waals surface area contributed by atoms with E-state index in [1.807, 2.05) is 36.4 Å². The van der Waals surface area contributed by atoms with Crippen molar-refractivity contribution in [3.63, 3.8) is 0 Å². The Bertz CT molecular complexity index is 870. The third-order valence-electron chi connectivity index (χ3n) is 5.10. The molecule has 3 rings (SSSR count). The van der Waals surface area contributed by atoms with Crippen molar-refractivity contribution in [1.82, 2.24) is 10.2 Å². The van der Waals surface area contributed by atoms with Crippen molar-refractivity contribution in [2.45, 2.75) is 13.5 Å². The second-order valence-corrected chi connectivity index (χ2v) is 7.56. The summed E-state index contributed by atoms with van der Waals surface area (Å²) >= 11 is 6.36. The molecule has 0 spiro atoms. The Kier molecular flexibility index (Phi) is 8.67. The lowest BCUT2D eigenvalue weighted by Gasteiger charge is -2.38. The van der Waals surface area contributed by atoms with Crippen LogP contribution in [0.4, 0.5) is 5.69 Å². The smallest absolute Gasteiger partial charge is 0.194 e. The molecule has 31 heavy (non-hydrogen) atoms. The summed E-state index contributed by atoms with van der Waals surface area (Å²) in [5.41, 5.74) is 2.11. The molecule has 0 saturated carbocycles. The number of rotatable bonds is 8. The van der Waals surface area contributed by atoms with Gasteiger partial charge in [0.25, 0.3) is 0 Å². The first kappa shape index (κ1) is 23.0. The second-order valence-electron chi connectivity index (χ2n) is 7.15. The summed E-state index contributed by atoms with van der Waals surface area (Å²) in [6.07, 6.45) is 0. The molecule has 0 unspecified atom stereocenters. The average Bonchev–Trinajstić information content (AvgIpc) is 2.81. The van der Waals surface area contributed by atoms with Crippen LogP contribution in [0.25, 0.3) is 0 Å². The maximum atomic E-state index is 8.96. The number of aliphatic hydroxyl groups is 1. The summed E-state index contributed by atoms with van der Waals surface area (Å²) < 4.78 is 10.9. The standard InChI is InChI=1S/C23H31ClN4O3/c1-3-25-23(26-17-18-8-9-21(31-15-14-29)22(16-18)30-2)28-12-10-27(11-13-28)20-7-5-4-6-19(20)24/h4-9,16,29H,3,10-15,17H2,1-2H3,(H,25,26). The van der Waals surface area contributed by atoms with E-state index in [0.717, 1.165) is 55.0 Å². The fourth-order valence-corrected chi connectivity index (χ4v) is 3.80. The minimum absolute atomic E-state index is 0.0367. The summed E-state index contributed by atoms with van der Waals surface area (Å²) in [5, 5.41) is 13.1. The molecule has 0 aliphatic carbocycles. The molecule has 0 aromatic heterocycles. The predicted molar refractivity (Wildman–Crippen MR) is 126 cm³/mol. The van der Waals surface area contributed by atoms with E-state index in [1.54, 1.807) is 7.11 Å². The topological polar surface area (TPSA) is 69.6 Å². The van der Waals surface area contributed by atoms with Crippen LogP contribution in [0.2, 0.25) is 5.02 Å². The third kappa shape index (κ3) is 6.18. The average molecular weight is 447 g/mol. The Balaban J connectivity index is 1.65. The first-order valence-electron chi connectivity index (χ1n) is 10.6. The molecule has 168 valence electrons. The molecule has 1 aliphatic heterocycles. The van der Waals surface area contributed by atoms with Gasteiger partial charge < -0.3 is 29.7 Å². The molecule has 1 fully saturated rings. The van der Waals surface area contributed by atoms with Crippen LogP contribution in [0.3, 0.4) is 0 Å². The van der Waals surface area contributed by atoms with Crippen molar-refractivity contribution >= 4 is 23.2 Å². The Morgan fingerprint density at radius 2 is 1.90 bits per heavy atom. The van der Waals surface area contributed by atoms with Gasteiger partial charge in [0.05, 0.1) is 31.0 Å². The lowest BCUT2D eigenvalue weighted by atomic mass is 10.2. The SMILES string of the molecule is CCNC(=NCc1ccc(OCCO)c(OC)c1)N1CCN(c2ccccc2Cl)CC1. The van der Waals surface area contributed by atoms with Gasteiger partial charge in [-0.1, -0.05) is 29.8 Å². The highest BCUT2D eigenvalue weighted by molar-refractivity contribution is 6.33. The van der Waals surface area contributed by atoms with Crippen LogP contribution < -0.4 is 19.7 Å². The maximum Gasteiger partial charge on any atom is 0.194 e. The molecular weight excluding hydrogens is 416 g/mol. The number of aliphatic imine (C=N–C) groups is 1. The molecule has 2 aromatic carbocycles. The monoisotopic (exact) mass is 446 g/mol. The molecule has 2 aromatic rings. The van der Waals surface area contributed by atoms with Gasteiger partial charge >= 0.3 is 0 Å². The number of ether oxygens (including phenoxy) is 2. The van der Waals surface area contributed by atoms with Crippen molar-refractivity contribution in [3.8, 4) is 11.5 Å². The van der Waals surface area contributed by atoms with Gasteiger partial charge in [0.2, 0.25) is 0 Å². The normalized spacial score (nSPS) is 14.5. The van der Waals surface area contributed by atoms with Gasteiger partial charge in [-0.05, 0) is 36.8 Å². The van der Waals surface area contributed by atoms with E-state index in [-0.39, 0.29) is 13.2 Å². The number of nitrogens with one attached hydrogen (secondary N) is 1. The number of nitrogens with zero attached hydrogens (tertiary/aromatic N) is 3. The number of piperazine rings is 1. The third-order valence-corrected chi connectivity index (χ3v) is 5.42. The van der Waals surface area contributed by atoms with Gasteiger partial charge in [-0.25, -0.2) is 4.99 Å². The van der Waals surface area contributed by atoms with E-state index in [2.05, 4.69) is 28.1 Å². The molecule has 1 heterocycles. The zero-order chi connectivity index (χ0) is 22.1. The van der Waals surface area contributed by atoms with Crippen molar-refractivity contribution in [2.75, 3.05) is 57.9 Å². The zero-order valence-electron chi connectivity index (χ0n) is 18.2. The fraction of sp³-hybridized carbons (Fsp3) is 0.435. The molecule has 7 nitrogen and oxygen atoms in total. The van der Waals surface area contributed by atoms with Crippen molar-refractivity contribution < 1.29 is 14.6 Å². The maximum absolute atomic E-state index is 8.96. The van der Waals surface area contributed by atoms with Gasteiger partial charge in [-0.3, -0.25) is 0 Å². The van der Waals surface area contributed by atoms with Crippen LogP contribution in [0.5, 0.6) is 11.5 Å². The largest absolute Gasteiger partial charge is 0.493 e. The van der Waals surface area contributed by atoms with Crippen LogP contribution in [-0.2, 0) is 6.54 Å². The number of aliphatic hydroxyl groups excluding tert-OH is 1. The number of guanidine groups is 1. The van der Waals surface area contributed by atoms with Gasteiger partial charge in [-0.15, -0.1) is 0 Å². The highest BCUT2D eigenvalue weighted by Crippen LogP contribution is 2.28. The van der Waals surface area contributed by atoms with E-state index in [0.29, 0.717) is 18.0 Å². The number of methoxy groups -OCH3 is 1. The van der Waals surface area contributed by atoms with E-state index >= 15 is 0 Å². The lowest BCUT2D eigenvalue weighted by molar-refractivity contribution is 0.196. The van der Waals surface area contributed by atoms with E-state index < -0.39 is 0 Å². The molecule has 0 amide bonds. The molecule has 0 atom stereocenters. The summed E-state index contributed by atoms with van der Waals surface area (Å²) in [6.45, 7) is 7.13. The van der Waals surface area contributed by atoms with E-state index in [1.165, 1.54) is 0 Å². The van der Waals surface area contributed by atoms with Crippen molar-refractivity contribution in [2.24, 2.45) is 4.99 Å². The van der Waals surface area contributed by atoms with E-state index in [9.17, 15) is 0 Å². The highest BCUT2D eigenvalue weighted by Gasteiger charge is 2.21. The Morgan fingerprint density at radius 3 is 2.58 bits per heavy atom. The van der Waals surface area contributed by atoms with E-state index in [4.69, 9.17) is 31.2 Å². The van der Waals surface area contributed by atoms with Crippen LogP contribution in [0.1, 0.15) is 12.5 Å². The highest BCUT2D eigenvalue weighted by atomic mass is 35.5. The molecular formula is C23H31ClN4O3. The van der Waals surface area contributed by atoms with Crippen molar-refractivity contribution in [3.05, 3.63) is 53.1 Å². The number of hydrogen-bond acceptors (Lipinski definition) is 5. The Labute approximate surface area is 189 Å². The van der Waals surface area contributed by atoms with Crippen LogP contribution in [0, 0.1) is 0 Å². The van der Waals surface area contributed by atoms with Gasteiger partial charge in [0.15, 0.2) is 17.5 Å². The van der Waals surface area contributed by atoms with Crippen LogP contribution in [-0.4, -0.2) is 69.0 Å². The van der Waals surface area contributed by atoms with Gasteiger partial charge in [-0.2, -0.15) is 0 Å². The quantitative estimate of drug-likeness (QED) is 0.480. The lowest BCUT2D eigenvalue weighted by Crippen LogP contribution is -2.52. The van der Waals surface area contributed by atoms with Crippen LogP contribution in [0.15, 0.2) is 47.5 Å². The summed E-state index contributed by atoms with van der Waals surface area (Å²) in [5.74, 6) is 2.16. The molecule has 2 N–H and O–H groups in total. The number of para-hydroxylation sites is 1. The minimum Gasteiger partial charge on any atom is -0.493 e. The second kappa shape index (κ2) is 11.7. The number of hydrogen-bond donors (Lipinski definition) is 2. The number of anilines is 1. The summed E-state index contributed by atoms with van der Waals surface area (Å²) in [7, 11) is 1.61. The van der Waals surface area contributed by atoms with Gasteiger partial charge in [0.1, 0.15) is 6.61 Å². The van der Waals surface area contributed by atoms with Gasteiger partial charge in [0, 0.05) is 32.7 Å². The Morgan fingerprint density at radius 1 is 1.13 bits per heavy atom. The molecule has 1 saturated heterocycles. The summed E-state index contributed by atoms with van der Waals surface area (Å²) in [6, 6.07) is 13.7. The predicted octanol–water partition coefficient (Wildman–Crippen LogP) is 3.01. The van der Waals surface area contributed by atoms with Crippen molar-refractivity contribution in [1.29, 1.82) is 0 Å². The first-order chi connectivity index (χ1) is 15.2. The molecule has 0 radical (unpaired) electrons. The zero-order valence-corrected chi connectivity index (χ0v) is 18.9. The van der Waals surface area contributed by atoms with Crippen LogP contribution >= 0.6 is 11.6 Å². The molecule has 0 bridgehead atoms. The minimum atomic E-state index is -0.0367. The fourth-order valence-electron chi connectivity index (χ4n) is 3.54. The summed E-state index contributed by atoms with van der Waals surface area (Å²) in [4.78, 5) is 9.44. The molecule has 1 aliphatic rings. The first-order valence-corrected chi connectivity index (χ1v) is 11.0. The number of benzene rings is 2. The Hall–Kier alpha value is -2.64.